The summed E-state index contributed by atoms with van der Waals surface area (Å²) >= 11 is 0. The molecule has 1 aliphatic heterocycles. The molecule has 12 nitrogen and oxygen atoms in total. The molecule has 0 saturated carbocycles. The lowest BCUT2D eigenvalue weighted by atomic mass is 9.97. The van der Waals surface area contributed by atoms with Crippen LogP contribution in [0.2, 0.25) is 0 Å². The zero-order valence-electron chi connectivity index (χ0n) is 29.9. The quantitative estimate of drug-likeness (QED) is 0.258. The third-order valence-corrected chi connectivity index (χ3v) is 8.02. The molecule has 2 unspecified atom stereocenters. The number of carbonyl (C=O) groups excluding carboxylic acids is 6. The lowest BCUT2D eigenvalue weighted by Crippen LogP contribution is -2.49. The Kier molecular flexibility index (Phi) is 17.9. The highest BCUT2D eigenvalue weighted by Gasteiger charge is 2.27. The van der Waals surface area contributed by atoms with Gasteiger partial charge < -0.3 is 31.9 Å². The molecule has 0 spiro atoms. The highest BCUT2D eigenvalue weighted by atomic mass is 16.2. The third-order valence-electron chi connectivity index (χ3n) is 8.02. The summed E-state index contributed by atoms with van der Waals surface area (Å²) < 4.78 is 0. The van der Waals surface area contributed by atoms with Gasteiger partial charge in [0.15, 0.2) is 0 Å². The molecule has 0 bridgehead atoms. The summed E-state index contributed by atoms with van der Waals surface area (Å²) in [7, 11) is 0. The third kappa shape index (κ3) is 17.5. The molecule has 12 heteroatoms. The van der Waals surface area contributed by atoms with Crippen molar-refractivity contribution in [3.63, 3.8) is 0 Å². The second-order valence-corrected chi connectivity index (χ2v) is 14.8. The Bertz CT molecular complexity index is 950. The molecule has 0 aromatic carbocycles. The number of hydrogen-bond acceptors (Lipinski definition) is 6. The summed E-state index contributed by atoms with van der Waals surface area (Å²) in [5.41, 5.74) is 0. The van der Waals surface area contributed by atoms with Crippen LogP contribution in [0.4, 0.5) is 0 Å². The maximum absolute atomic E-state index is 13.1. The van der Waals surface area contributed by atoms with Crippen molar-refractivity contribution in [3.05, 3.63) is 0 Å². The first-order valence-corrected chi connectivity index (χ1v) is 17.1. The second-order valence-electron chi connectivity index (χ2n) is 14.8. The number of amides is 6. The van der Waals surface area contributed by atoms with Crippen LogP contribution in [0.1, 0.15) is 121 Å². The van der Waals surface area contributed by atoms with Crippen molar-refractivity contribution in [3.8, 4) is 0 Å². The van der Waals surface area contributed by atoms with E-state index in [1.807, 2.05) is 55.4 Å². The average Bonchev–Trinajstić information content (AvgIpc) is 2.85. The largest absolute Gasteiger partial charge is 0.353 e. The normalized spacial score (nSPS) is 27.8. The molecule has 6 N–H and O–H groups in total. The van der Waals surface area contributed by atoms with Gasteiger partial charge in [0.25, 0.3) is 0 Å². The Morgan fingerprint density at radius 2 is 0.717 bits per heavy atom. The smallest absolute Gasteiger partial charge is 0.222 e. The van der Waals surface area contributed by atoms with Crippen LogP contribution in [-0.2, 0) is 28.8 Å². The molecule has 1 fully saturated rings. The van der Waals surface area contributed by atoms with Gasteiger partial charge in [0.05, 0.1) is 0 Å². The minimum atomic E-state index is -0.466. The molecule has 1 rings (SSSR count). The molecular weight excluding hydrogens is 588 g/mol. The van der Waals surface area contributed by atoms with Gasteiger partial charge in [0.2, 0.25) is 35.4 Å². The van der Waals surface area contributed by atoms with Crippen molar-refractivity contribution < 1.29 is 28.8 Å². The summed E-state index contributed by atoms with van der Waals surface area (Å²) in [5, 5.41) is 17.6. The van der Waals surface area contributed by atoms with Crippen LogP contribution in [0.5, 0.6) is 0 Å². The van der Waals surface area contributed by atoms with Crippen LogP contribution in [-0.4, -0.2) is 71.7 Å². The summed E-state index contributed by atoms with van der Waals surface area (Å²) in [6, 6.07) is -2.64. The topological polar surface area (TPSA) is 175 Å². The molecule has 0 aromatic rings. The fourth-order valence-corrected chi connectivity index (χ4v) is 5.71. The van der Waals surface area contributed by atoms with Gasteiger partial charge in [0, 0.05) is 74.8 Å². The predicted molar refractivity (Wildman–Crippen MR) is 179 cm³/mol. The van der Waals surface area contributed by atoms with E-state index in [-0.39, 0.29) is 97.6 Å². The molecule has 1 saturated heterocycles. The first kappa shape index (κ1) is 40.8. The van der Waals surface area contributed by atoms with Gasteiger partial charge in [-0.2, -0.15) is 0 Å². The summed E-state index contributed by atoms with van der Waals surface area (Å²) in [4.78, 5) is 78.0. The summed E-state index contributed by atoms with van der Waals surface area (Å²) in [5.74, 6) is -1.28. The zero-order valence-corrected chi connectivity index (χ0v) is 29.9. The van der Waals surface area contributed by atoms with E-state index in [2.05, 4.69) is 31.9 Å². The maximum atomic E-state index is 13.1. The Morgan fingerprint density at radius 3 is 1.00 bits per heavy atom. The van der Waals surface area contributed by atoms with Crippen LogP contribution in [0.15, 0.2) is 0 Å². The number of rotatable bonds is 6. The van der Waals surface area contributed by atoms with E-state index in [0.29, 0.717) is 12.8 Å². The summed E-state index contributed by atoms with van der Waals surface area (Å²) in [6.45, 7) is 19.2. The number of carbonyl (C=O) groups is 6. The molecule has 264 valence electrons. The first-order valence-electron chi connectivity index (χ1n) is 17.1. The lowest BCUT2D eigenvalue weighted by Gasteiger charge is -2.27. The summed E-state index contributed by atoms with van der Waals surface area (Å²) in [6.07, 6.45) is 1.43. The molecule has 1 aliphatic rings. The fourth-order valence-electron chi connectivity index (χ4n) is 5.71. The Labute approximate surface area is 276 Å². The van der Waals surface area contributed by atoms with E-state index in [1.54, 1.807) is 13.8 Å². The van der Waals surface area contributed by atoms with E-state index >= 15 is 0 Å². The Balaban J connectivity index is 3.24. The van der Waals surface area contributed by atoms with Crippen LogP contribution in [0, 0.1) is 23.7 Å². The predicted octanol–water partition coefficient (Wildman–Crippen LogP) is 2.69. The van der Waals surface area contributed by atoms with Crippen LogP contribution < -0.4 is 31.9 Å². The van der Waals surface area contributed by atoms with Gasteiger partial charge in [-0.05, 0) is 50.4 Å². The van der Waals surface area contributed by atoms with E-state index < -0.39 is 36.3 Å². The first-order chi connectivity index (χ1) is 21.3. The van der Waals surface area contributed by atoms with Crippen LogP contribution in [0.25, 0.3) is 0 Å². The molecule has 1 heterocycles. The number of hydrogen-bond donors (Lipinski definition) is 6. The van der Waals surface area contributed by atoms with E-state index in [1.165, 1.54) is 0 Å². The van der Waals surface area contributed by atoms with E-state index in [4.69, 9.17) is 0 Å². The molecule has 6 amide bonds. The van der Waals surface area contributed by atoms with Crippen molar-refractivity contribution in [2.75, 3.05) is 0 Å². The fraction of sp³-hybridized carbons (Fsp3) is 0.824. The molecule has 0 aliphatic carbocycles. The van der Waals surface area contributed by atoms with Crippen LogP contribution in [0.3, 0.4) is 0 Å². The van der Waals surface area contributed by atoms with Gasteiger partial charge in [-0.1, -0.05) is 55.4 Å². The monoisotopic (exact) mass is 650 g/mol. The van der Waals surface area contributed by atoms with Crippen molar-refractivity contribution in [2.45, 2.75) is 157 Å². The van der Waals surface area contributed by atoms with Gasteiger partial charge in [-0.15, -0.1) is 0 Å². The van der Waals surface area contributed by atoms with Crippen LogP contribution >= 0.6 is 0 Å². The van der Waals surface area contributed by atoms with Crippen molar-refractivity contribution >= 4 is 35.4 Å². The van der Waals surface area contributed by atoms with Crippen molar-refractivity contribution in [2.24, 2.45) is 23.7 Å². The Morgan fingerprint density at radius 1 is 0.435 bits per heavy atom. The Hall–Kier alpha value is -3.18. The molecule has 46 heavy (non-hydrogen) atoms. The minimum absolute atomic E-state index is 0.0320. The highest BCUT2D eigenvalue weighted by molar-refractivity contribution is 5.84. The van der Waals surface area contributed by atoms with Gasteiger partial charge >= 0.3 is 0 Å². The standard InChI is InChI=1S/C34H62N6O6/c1-19(2)11-25-15-31(43)39-27(21(5)6)17-33(45)36-24(10)14-30(42)38-26(12-20(3)4)16-32(44)40-28(22(7)8)18-34(46)35-23(9)13-29(41)37-25/h19-28H,11-18H2,1-10H3,(H,35,46)(H,36,45)(H,37,41)(H,38,42)(H,39,43)(H,40,44)/t23-,24-,25-,26?,27+,28?/m0/s1. The SMILES string of the molecule is CC(C)CC1CC(=O)NC(C(C)C)CC(=O)N[C@@H](C)CC(=O)N[C@@H](CC(C)C)CC(=O)N[C@@H](C(C)C)CC(=O)N[C@@H](C)CC(=O)N1. The zero-order chi connectivity index (χ0) is 35.1. The molecule has 0 radical (unpaired) electrons. The molecule has 6 atom stereocenters. The van der Waals surface area contributed by atoms with E-state index in [0.717, 1.165) is 0 Å². The van der Waals surface area contributed by atoms with E-state index in [9.17, 15) is 28.8 Å². The molecule has 0 aromatic heterocycles. The van der Waals surface area contributed by atoms with Gasteiger partial charge in [-0.3, -0.25) is 28.8 Å². The minimum Gasteiger partial charge on any atom is -0.353 e. The molecular formula is C34H62N6O6. The van der Waals surface area contributed by atoms with Gasteiger partial charge in [-0.25, -0.2) is 0 Å². The van der Waals surface area contributed by atoms with Crippen molar-refractivity contribution in [1.82, 2.24) is 31.9 Å². The van der Waals surface area contributed by atoms with Gasteiger partial charge in [0.1, 0.15) is 0 Å². The number of nitrogens with one attached hydrogen (secondary N) is 6. The lowest BCUT2D eigenvalue weighted by molar-refractivity contribution is -0.126. The maximum Gasteiger partial charge on any atom is 0.222 e. The highest BCUT2D eigenvalue weighted by Crippen LogP contribution is 2.14. The van der Waals surface area contributed by atoms with Crippen molar-refractivity contribution in [1.29, 1.82) is 0 Å². The average molecular weight is 651 g/mol. The second kappa shape index (κ2) is 20.1.